The third kappa shape index (κ3) is 4.24. The number of hydrogen-bond donors (Lipinski definition) is 2. The van der Waals surface area contributed by atoms with Crippen LogP contribution in [0, 0.1) is 5.92 Å². The molecule has 2 aliphatic rings. The Kier molecular flexibility index (Phi) is 6.11. The molecule has 32 heavy (non-hydrogen) atoms. The number of anilines is 1. The summed E-state index contributed by atoms with van der Waals surface area (Å²) < 4.78 is 0. The van der Waals surface area contributed by atoms with Crippen LogP contribution in [-0.2, 0) is 4.79 Å². The molecule has 1 aliphatic heterocycles. The Morgan fingerprint density at radius 3 is 2.66 bits per heavy atom. The van der Waals surface area contributed by atoms with Crippen LogP contribution in [-0.4, -0.2) is 48.1 Å². The first kappa shape index (κ1) is 21.3. The van der Waals surface area contributed by atoms with Crippen molar-refractivity contribution in [2.24, 2.45) is 5.92 Å². The topological polar surface area (TPSA) is 70.2 Å². The summed E-state index contributed by atoms with van der Waals surface area (Å²) in [6.07, 6.45) is 8.02. The van der Waals surface area contributed by atoms with E-state index < -0.39 is 0 Å². The summed E-state index contributed by atoms with van der Waals surface area (Å²) in [5.74, 6) is 1.85. The van der Waals surface area contributed by atoms with Crippen LogP contribution in [0.25, 0.3) is 21.3 Å². The molecule has 168 valence electrons. The van der Waals surface area contributed by atoms with Gasteiger partial charge in [-0.1, -0.05) is 30.3 Å². The number of aromatic nitrogens is 2. The SMILES string of the molecule is CNC(=O)CC1(NCC2CCN(c3ncnc4scc(-c5ccccc5)c34)CC2)CCC1. The summed E-state index contributed by atoms with van der Waals surface area (Å²) in [5.41, 5.74) is 2.47. The second-order valence-electron chi connectivity index (χ2n) is 9.19. The molecule has 0 atom stereocenters. The zero-order chi connectivity index (χ0) is 22.0. The van der Waals surface area contributed by atoms with E-state index in [0.717, 1.165) is 56.0 Å². The molecule has 2 aromatic heterocycles. The predicted octanol–water partition coefficient (Wildman–Crippen LogP) is 4.22. The maximum atomic E-state index is 11.9. The third-order valence-corrected chi connectivity index (χ3v) is 8.09. The smallest absolute Gasteiger partial charge is 0.221 e. The molecule has 2 fully saturated rings. The normalized spacial score (nSPS) is 18.5. The van der Waals surface area contributed by atoms with Crippen molar-refractivity contribution < 1.29 is 4.79 Å². The number of nitrogens with one attached hydrogen (secondary N) is 2. The number of piperidine rings is 1. The first-order chi connectivity index (χ1) is 15.7. The lowest BCUT2D eigenvalue weighted by Gasteiger charge is -2.44. The first-order valence-electron chi connectivity index (χ1n) is 11.7. The molecule has 7 heteroatoms. The van der Waals surface area contributed by atoms with E-state index >= 15 is 0 Å². The van der Waals surface area contributed by atoms with Crippen LogP contribution in [0.3, 0.4) is 0 Å². The van der Waals surface area contributed by atoms with Crippen LogP contribution < -0.4 is 15.5 Å². The van der Waals surface area contributed by atoms with Gasteiger partial charge >= 0.3 is 0 Å². The van der Waals surface area contributed by atoms with Crippen LogP contribution in [0.5, 0.6) is 0 Å². The van der Waals surface area contributed by atoms with Crippen LogP contribution >= 0.6 is 11.3 Å². The number of nitrogens with zero attached hydrogens (tertiary/aromatic N) is 3. The largest absolute Gasteiger partial charge is 0.359 e. The summed E-state index contributed by atoms with van der Waals surface area (Å²) in [4.78, 5) is 24.7. The van der Waals surface area contributed by atoms with Gasteiger partial charge in [0.2, 0.25) is 5.91 Å². The number of hydrogen-bond acceptors (Lipinski definition) is 6. The molecule has 1 amide bonds. The van der Waals surface area contributed by atoms with E-state index in [2.05, 4.69) is 56.2 Å². The fourth-order valence-electron chi connectivity index (χ4n) is 5.05. The van der Waals surface area contributed by atoms with E-state index in [4.69, 9.17) is 4.98 Å². The Balaban J connectivity index is 1.26. The zero-order valence-electron chi connectivity index (χ0n) is 18.6. The van der Waals surface area contributed by atoms with Crippen molar-refractivity contribution in [2.75, 3.05) is 31.6 Å². The van der Waals surface area contributed by atoms with Crippen molar-refractivity contribution in [3.05, 3.63) is 42.0 Å². The van der Waals surface area contributed by atoms with E-state index in [1.165, 1.54) is 22.9 Å². The number of thiophene rings is 1. The molecular formula is C25H31N5OS. The molecule has 6 nitrogen and oxygen atoms in total. The quantitative estimate of drug-likeness (QED) is 0.565. The van der Waals surface area contributed by atoms with Gasteiger partial charge in [-0.2, -0.15) is 0 Å². The van der Waals surface area contributed by atoms with E-state index in [9.17, 15) is 4.79 Å². The molecule has 1 aromatic carbocycles. The highest BCUT2D eigenvalue weighted by molar-refractivity contribution is 7.17. The molecule has 3 aromatic rings. The molecule has 0 unspecified atom stereocenters. The van der Waals surface area contributed by atoms with Gasteiger partial charge in [0.25, 0.3) is 0 Å². The van der Waals surface area contributed by atoms with E-state index in [1.54, 1.807) is 24.7 Å². The van der Waals surface area contributed by atoms with Crippen molar-refractivity contribution in [3.8, 4) is 11.1 Å². The Hall–Kier alpha value is -2.51. The molecular weight excluding hydrogens is 418 g/mol. The lowest BCUT2D eigenvalue weighted by molar-refractivity contribution is -0.123. The number of rotatable bonds is 7. The van der Waals surface area contributed by atoms with Crippen molar-refractivity contribution in [1.29, 1.82) is 0 Å². The standard InChI is InChI=1S/C25H31N5OS/c1-26-21(31)14-25(10-5-11-25)29-15-18-8-12-30(13-9-18)23-22-20(19-6-3-2-4-7-19)16-32-24(22)28-17-27-23/h2-4,6-7,16-18,29H,5,8-15H2,1H3,(H,26,31). The number of carbonyl (C=O) groups is 1. The highest BCUT2D eigenvalue weighted by Gasteiger charge is 2.38. The maximum absolute atomic E-state index is 11.9. The first-order valence-corrected chi connectivity index (χ1v) is 12.5. The number of benzene rings is 1. The fourth-order valence-corrected chi connectivity index (χ4v) is 5.96. The average Bonchev–Trinajstić information content (AvgIpc) is 3.26. The van der Waals surface area contributed by atoms with Gasteiger partial charge in [0.05, 0.1) is 5.39 Å². The summed E-state index contributed by atoms with van der Waals surface area (Å²) in [7, 11) is 1.73. The molecule has 1 aliphatic carbocycles. The van der Waals surface area contributed by atoms with Crippen LogP contribution in [0.1, 0.15) is 38.5 Å². The van der Waals surface area contributed by atoms with Gasteiger partial charge in [-0.25, -0.2) is 9.97 Å². The lowest BCUT2D eigenvalue weighted by atomic mass is 9.73. The van der Waals surface area contributed by atoms with Gasteiger partial charge in [-0.15, -0.1) is 11.3 Å². The minimum Gasteiger partial charge on any atom is -0.359 e. The van der Waals surface area contributed by atoms with E-state index in [-0.39, 0.29) is 11.4 Å². The van der Waals surface area contributed by atoms with Crippen LogP contribution in [0.2, 0.25) is 0 Å². The number of fused-ring (bicyclic) bond motifs is 1. The summed E-state index contributed by atoms with van der Waals surface area (Å²) in [6.45, 7) is 3.01. The van der Waals surface area contributed by atoms with Crippen molar-refractivity contribution in [2.45, 2.75) is 44.1 Å². The molecule has 0 bridgehead atoms. The van der Waals surface area contributed by atoms with Crippen LogP contribution in [0.4, 0.5) is 5.82 Å². The van der Waals surface area contributed by atoms with Crippen molar-refractivity contribution in [3.63, 3.8) is 0 Å². The molecule has 1 saturated carbocycles. The Bertz CT molecular complexity index is 1070. The molecule has 1 saturated heterocycles. The highest BCUT2D eigenvalue weighted by Crippen LogP contribution is 2.39. The minimum absolute atomic E-state index is 0.0251. The molecule has 0 radical (unpaired) electrons. The van der Waals surface area contributed by atoms with Gasteiger partial charge in [0, 0.05) is 43.0 Å². The second-order valence-corrected chi connectivity index (χ2v) is 10.0. The highest BCUT2D eigenvalue weighted by atomic mass is 32.1. The van der Waals surface area contributed by atoms with Crippen molar-refractivity contribution >= 4 is 33.3 Å². The average molecular weight is 450 g/mol. The summed E-state index contributed by atoms with van der Waals surface area (Å²) in [5, 5.41) is 9.95. The Labute approximate surface area is 193 Å². The molecule has 5 rings (SSSR count). The number of amides is 1. The summed E-state index contributed by atoms with van der Waals surface area (Å²) >= 11 is 1.69. The third-order valence-electron chi connectivity index (χ3n) is 7.20. The van der Waals surface area contributed by atoms with Gasteiger partial charge in [0.1, 0.15) is 17.0 Å². The van der Waals surface area contributed by atoms with Crippen LogP contribution in [0.15, 0.2) is 42.0 Å². The van der Waals surface area contributed by atoms with Gasteiger partial charge in [-0.05, 0) is 50.1 Å². The maximum Gasteiger partial charge on any atom is 0.221 e. The second kappa shape index (κ2) is 9.16. The zero-order valence-corrected chi connectivity index (χ0v) is 19.5. The van der Waals surface area contributed by atoms with Gasteiger partial charge in [0.15, 0.2) is 0 Å². The van der Waals surface area contributed by atoms with E-state index in [0.29, 0.717) is 12.3 Å². The lowest BCUT2D eigenvalue weighted by Crippen LogP contribution is -2.55. The molecule has 0 spiro atoms. The molecule has 3 heterocycles. The van der Waals surface area contributed by atoms with Gasteiger partial charge < -0.3 is 15.5 Å². The Morgan fingerprint density at radius 2 is 1.97 bits per heavy atom. The van der Waals surface area contributed by atoms with Gasteiger partial charge in [-0.3, -0.25) is 4.79 Å². The predicted molar refractivity (Wildman–Crippen MR) is 131 cm³/mol. The fraction of sp³-hybridized carbons (Fsp3) is 0.480. The number of carbonyl (C=O) groups excluding carboxylic acids is 1. The molecule has 2 N–H and O–H groups in total. The van der Waals surface area contributed by atoms with Crippen molar-refractivity contribution in [1.82, 2.24) is 20.6 Å². The minimum atomic E-state index is 0.0251. The summed E-state index contributed by atoms with van der Waals surface area (Å²) in [6, 6.07) is 10.5. The Morgan fingerprint density at radius 1 is 1.19 bits per heavy atom. The monoisotopic (exact) mass is 449 g/mol. The van der Waals surface area contributed by atoms with E-state index in [1.807, 2.05) is 0 Å².